The van der Waals surface area contributed by atoms with E-state index in [4.69, 9.17) is 11.6 Å². The summed E-state index contributed by atoms with van der Waals surface area (Å²) in [6.07, 6.45) is 4.23. The molecule has 1 atom stereocenters. The van der Waals surface area contributed by atoms with Gasteiger partial charge in [-0.1, -0.05) is 48.0 Å². The molecule has 4 aromatic rings. The molecule has 3 aromatic carbocycles. The molecular formula is C31H27ClFN5O4. The SMILES string of the molecule is CC(=O)CCC(=O)c1ccc(CC(=O)[C@H](Cc2ccccc2)NC(=O)/C=C/c2cc(Cl)ccc2-n2cnnn2)cc1F. The molecule has 1 N–H and O–H groups in total. The molecule has 42 heavy (non-hydrogen) atoms. The van der Waals surface area contributed by atoms with Crippen molar-refractivity contribution in [2.75, 3.05) is 0 Å². The van der Waals surface area contributed by atoms with Crippen molar-refractivity contribution in [2.24, 2.45) is 0 Å². The van der Waals surface area contributed by atoms with Gasteiger partial charge in [0.05, 0.1) is 17.3 Å². The van der Waals surface area contributed by atoms with Crippen LogP contribution in [0.3, 0.4) is 0 Å². The Hall–Kier alpha value is -4.83. The van der Waals surface area contributed by atoms with E-state index in [1.807, 2.05) is 30.3 Å². The molecule has 4 rings (SSSR count). The van der Waals surface area contributed by atoms with E-state index in [-0.39, 0.29) is 42.8 Å². The molecule has 1 heterocycles. The van der Waals surface area contributed by atoms with E-state index in [2.05, 4.69) is 20.8 Å². The summed E-state index contributed by atoms with van der Waals surface area (Å²) >= 11 is 6.15. The Morgan fingerprint density at radius 2 is 1.79 bits per heavy atom. The third-order valence-electron chi connectivity index (χ3n) is 6.40. The van der Waals surface area contributed by atoms with Crippen LogP contribution >= 0.6 is 11.6 Å². The van der Waals surface area contributed by atoms with Gasteiger partial charge in [-0.2, -0.15) is 4.68 Å². The number of amides is 1. The topological polar surface area (TPSA) is 124 Å². The molecule has 0 fully saturated rings. The van der Waals surface area contributed by atoms with Crippen molar-refractivity contribution in [3.8, 4) is 5.69 Å². The zero-order valence-electron chi connectivity index (χ0n) is 22.7. The second-order valence-electron chi connectivity index (χ2n) is 9.62. The van der Waals surface area contributed by atoms with E-state index >= 15 is 0 Å². The van der Waals surface area contributed by atoms with Gasteiger partial charge in [-0.15, -0.1) is 5.10 Å². The second-order valence-corrected chi connectivity index (χ2v) is 10.1. The Morgan fingerprint density at radius 3 is 2.48 bits per heavy atom. The molecule has 0 saturated carbocycles. The number of halogens is 2. The summed E-state index contributed by atoms with van der Waals surface area (Å²) in [6.45, 7) is 1.37. The molecule has 0 bridgehead atoms. The summed E-state index contributed by atoms with van der Waals surface area (Å²) in [5.74, 6) is -2.27. The summed E-state index contributed by atoms with van der Waals surface area (Å²) in [5.41, 5.74) is 2.22. The standard InChI is InChI=1S/C31H27ClFN5O4/c1-20(39)7-13-29(40)25-11-8-22(15-26(25)33)17-30(41)27(16-21-5-3-2-4-6-21)35-31(42)14-9-23-18-24(32)10-12-28(23)38-19-34-36-37-38/h2-6,8-12,14-15,18-19,27H,7,13,16-17H2,1H3,(H,35,42)/b14-9+/t27-/m0/s1. The largest absolute Gasteiger partial charge is 0.342 e. The predicted octanol–water partition coefficient (Wildman–Crippen LogP) is 4.56. The fourth-order valence-corrected chi connectivity index (χ4v) is 4.44. The molecule has 0 unspecified atom stereocenters. The van der Waals surface area contributed by atoms with Gasteiger partial charge in [-0.25, -0.2) is 4.39 Å². The molecule has 9 nitrogen and oxygen atoms in total. The minimum atomic E-state index is -0.914. The Balaban J connectivity index is 1.50. The maximum absolute atomic E-state index is 14.7. The van der Waals surface area contributed by atoms with Crippen LogP contribution in [0.15, 0.2) is 79.1 Å². The summed E-state index contributed by atoms with van der Waals surface area (Å²) in [6, 6.07) is 17.3. The highest BCUT2D eigenvalue weighted by Crippen LogP contribution is 2.20. The van der Waals surface area contributed by atoms with Crippen LogP contribution in [0.25, 0.3) is 11.8 Å². The minimum absolute atomic E-state index is 0.0318. The summed E-state index contributed by atoms with van der Waals surface area (Å²) in [7, 11) is 0. The molecule has 0 aliphatic rings. The number of ketones is 3. The highest BCUT2D eigenvalue weighted by molar-refractivity contribution is 6.30. The van der Waals surface area contributed by atoms with E-state index in [0.717, 1.165) is 11.6 Å². The van der Waals surface area contributed by atoms with Crippen molar-refractivity contribution >= 4 is 40.9 Å². The average Bonchev–Trinajstić information content (AvgIpc) is 3.50. The number of carbonyl (C=O) groups is 4. The fourth-order valence-electron chi connectivity index (χ4n) is 4.26. The van der Waals surface area contributed by atoms with Crippen LogP contribution in [0.1, 0.15) is 46.8 Å². The Labute approximate surface area is 246 Å². The van der Waals surface area contributed by atoms with Crippen molar-refractivity contribution in [1.29, 1.82) is 0 Å². The number of tetrazole rings is 1. The van der Waals surface area contributed by atoms with Gasteiger partial charge in [0.1, 0.15) is 17.9 Å². The maximum Gasteiger partial charge on any atom is 0.244 e. The normalized spacial score (nSPS) is 11.8. The van der Waals surface area contributed by atoms with Gasteiger partial charge >= 0.3 is 0 Å². The first-order valence-electron chi connectivity index (χ1n) is 13.1. The first-order valence-corrected chi connectivity index (χ1v) is 13.5. The highest BCUT2D eigenvalue weighted by Gasteiger charge is 2.22. The third kappa shape index (κ3) is 8.34. The lowest BCUT2D eigenvalue weighted by Crippen LogP contribution is -2.42. The van der Waals surface area contributed by atoms with Gasteiger partial charge in [-0.3, -0.25) is 14.4 Å². The summed E-state index contributed by atoms with van der Waals surface area (Å²) in [5, 5.41) is 14.3. The van der Waals surface area contributed by atoms with E-state index in [0.29, 0.717) is 21.8 Å². The fraction of sp³-hybridized carbons (Fsp3) is 0.194. The van der Waals surface area contributed by atoms with Crippen molar-refractivity contribution in [3.05, 3.63) is 112 Å². The molecule has 0 radical (unpaired) electrons. The molecule has 0 aliphatic carbocycles. The molecule has 1 amide bonds. The molecule has 0 spiro atoms. The monoisotopic (exact) mass is 587 g/mol. The lowest BCUT2D eigenvalue weighted by Gasteiger charge is -2.17. The zero-order valence-corrected chi connectivity index (χ0v) is 23.4. The van der Waals surface area contributed by atoms with Crippen LogP contribution in [0.5, 0.6) is 0 Å². The van der Waals surface area contributed by atoms with Gasteiger partial charge in [0.25, 0.3) is 0 Å². The van der Waals surface area contributed by atoms with E-state index in [1.165, 1.54) is 36.1 Å². The molecule has 214 valence electrons. The number of carbonyl (C=O) groups excluding carboxylic acids is 4. The van der Waals surface area contributed by atoms with E-state index in [1.54, 1.807) is 24.3 Å². The molecule has 11 heteroatoms. The van der Waals surface area contributed by atoms with Gasteiger partial charge in [0.2, 0.25) is 5.91 Å². The van der Waals surface area contributed by atoms with E-state index < -0.39 is 23.5 Å². The number of hydrogen-bond donors (Lipinski definition) is 1. The van der Waals surface area contributed by atoms with Crippen molar-refractivity contribution < 1.29 is 23.6 Å². The number of nitrogens with one attached hydrogen (secondary N) is 1. The Bertz CT molecular complexity index is 1620. The average molecular weight is 588 g/mol. The Kier molecular flexibility index (Phi) is 10.2. The molecule has 0 aliphatic heterocycles. The van der Waals surface area contributed by atoms with Crippen LogP contribution in [0.2, 0.25) is 5.02 Å². The predicted molar refractivity (Wildman–Crippen MR) is 155 cm³/mol. The van der Waals surface area contributed by atoms with Gasteiger partial charge in [-0.05, 0) is 71.3 Å². The van der Waals surface area contributed by atoms with Gasteiger partial charge in [0, 0.05) is 35.9 Å². The van der Waals surface area contributed by atoms with Gasteiger partial charge in [0.15, 0.2) is 11.6 Å². The quantitative estimate of drug-likeness (QED) is 0.180. The Morgan fingerprint density at radius 1 is 1.00 bits per heavy atom. The van der Waals surface area contributed by atoms with Crippen molar-refractivity contribution in [2.45, 2.75) is 38.6 Å². The van der Waals surface area contributed by atoms with Crippen LogP contribution < -0.4 is 5.32 Å². The molecular weight excluding hydrogens is 561 g/mol. The van der Waals surface area contributed by atoms with E-state index in [9.17, 15) is 23.6 Å². The second kappa shape index (κ2) is 14.2. The number of Topliss-reactive ketones (excluding diaryl/α,β-unsaturated/α-hetero) is 3. The first-order chi connectivity index (χ1) is 20.2. The lowest BCUT2D eigenvalue weighted by atomic mass is 9.96. The number of rotatable bonds is 13. The summed E-state index contributed by atoms with van der Waals surface area (Å²) < 4.78 is 16.2. The van der Waals surface area contributed by atoms with Crippen LogP contribution in [-0.4, -0.2) is 49.5 Å². The van der Waals surface area contributed by atoms with Crippen molar-refractivity contribution in [1.82, 2.24) is 25.5 Å². The summed E-state index contributed by atoms with van der Waals surface area (Å²) in [4.78, 5) is 49.8. The number of aromatic nitrogens is 4. The van der Waals surface area contributed by atoms with Gasteiger partial charge < -0.3 is 10.1 Å². The molecule has 0 saturated heterocycles. The number of benzene rings is 3. The minimum Gasteiger partial charge on any atom is -0.342 e. The number of nitrogens with zero attached hydrogens (tertiary/aromatic N) is 4. The highest BCUT2D eigenvalue weighted by atomic mass is 35.5. The van der Waals surface area contributed by atoms with Crippen molar-refractivity contribution in [3.63, 3.8) is 0 Å². The number of hydrogen-bond acceptors (Lipinski definition) is 7. The maximum atomic E-state index is 14.7. The zero-order chi connectivity index (χ0) is 30.1. The smallest absolute Gasteiger partial charge is 0.244 e. The third-order valence-corrected chi connectivity index (χ3v) is 6.64. The lowest BCUT2D eigenvalue weighted by molar-refractivity contribution is -0.125. The van der Waals surface area contributed by atoms with Crippen LogP contribution in [0, 0.1) is 5.82 Å². The first kappa shape index (κ1) is 30.1. The van der Waals surface area contributed by atoms with Crippen LogP contribution in [0.4, 0.5) is 4.39 Å². The molecule has 1 aromatic heterocycles. The van der Waals surface area contributed by atoms with Crippen LogP contribution in [-0.2, 0) is 27.2 Å².